The number of anilines is 1. The van der Waals surface area contributed by atoms with E-state index in [0.717, 1.165) is 24.8 Å². The summed E-state index contributed by atoms with van der Waals surface area (Å²) in [4.78, 5) is 27.0. The van der Waals surface area contributed by atoms with Crippen LogP contribution in [0.2, 0.25) is 5.02 Å². The van der Waals surface area contributed by atoms with E-state index >= 15 is 0 Å². The molecule has 1 aliphatic rings. The summed E-state index contributed by atoms with van der Waals surface area (Å²) in [6.07, 6.45) is 2.84. The topological polar surface area (TPSA) is 58.2 Å². The minimum absolute atomic E-state index is 0.0242. The molecule has 0 bridgehead atoms. The predicted octanol–water partition coefficient (Wildman–Crippen LogP) is 5.94. The van der Waals surface area contributed by atoms with Gasteiger partial charge in [0.25, 0.3) is 11.8 Å². The maximum Gasteiger partial charge on any atom is 0.257 e. The van der Waals surface area contributed by atoms with E-state index in [0.29, 0.717) is 27.1 Å². The first-order valence-electron chi connectivity index (χ1n) is 10.1. The Morgan fingerprint density at radius 1 is 1.17 bits per heavy atom. The van der Waals surface area contributed by atoms with Crippen molar-refractivity contribution < 1.29 is 9.59 Å². The molecule has 1 atom stereocenters. The standard InChI is InChI=1S/C23H29ClN2O2S/c1-13(2)25-21(28)19-16-11-10-14(23(3,4)5)12-18(16)29-22(19)26-20(27)15-8-6-7-9-17(15)24/h6-9,13-14H,10-12H2,1-5H3,(H,25,28)(H,26,27). The van der Waals surface area contributed by atoms with Crippen LogP contribution in [0.25, 0.3) is 0 Å². The van der Waals surface area contributed by atoms with Gasteiger partial charge in [-0.25, -0.2) is 0 Å². The molecule has 1 heterocycles. The van der Waals surface area contributed by atoms with Crippen molar-refractivity contribution in [3.8, 4) is 0 Å². The average molecular weight is 433 g/mol. The molecule has 156 valence electrons. The van der Waals surface area contributed by atoms with Gasteiger partial charge in [0.15, 0.2) is 0 Å². The van der Waals surface area contributed by atoms with Crippen molar-refractivity contribution in [2.45, 2.75) is 59.9 Å². The van der Waals surface area contributed by atoms with E-state index in [1.54, 1.807) is 24.3 Å². The second-order valence-electron chi connectivity index (χ2n) is 9.08. The van der Waals surface area contributed by atoms with Gasteiger partial charge >= 0.3 is 0 Å². The first-order chi connectivity index (χ1) is 13.6. The van der Waals surface area contributed by atoms with Gasteiger partial charge < -0.3 is 10.6 Å². The van der Waals surface area contributed by atoms with Crippen molar-refractivity contribution in [3.63, 3.8) is 0 Å². The lowest BCUT2D eigenvalue weighted by atomic mass is 9.72. The number of nitrogens with one attached hydrogen (secondary N) is 2. The highest BCUT2D eigenvalue weighted by Gasteiger charge is 2.34. The number of thiophene rings is 1. The van der Waals surface area contributed by atoms with Gasteiger partial charge in [-0.3, -0.25) is 9.59 Å². The third kappa shape index (κ3) is 4.84. The number of benzene rings is 1. The normalized spacial score (nSPS) is 16.4. The minimum atomic E-state index is -0.292. The van der Waals surface area contributed by atoms with Crippen molar-refractivity contribution in [1.29, 1.82) is 0 Å². The van der Waals surface area contributed by atoms with Crippen LogP contribution in [0, 0.1) is 11.3 Å². The molecule has 2 aromatic rings. The van der Waals surface area contributed by atoms with E-state index < -0.39 is 0 Å². The molecule has 1 aromatic heterocycles. The lowest BCUT2D eigenvalue weighted by molar-refractivity contribution is 0.0943. The van der Waals surface area contributed by atoms with E-state index in [1.807, 2.05) is 13.8 Å². The number of hydrogen-bond donors (Lipinski definition) is 2. The van der Waals surface area contributed by atoms with Gasteiger partial charge in [0.1, 0.15) is 5.00 Å². The quantitative estimate of drug-likeness (QED) is 0.627. The summed E-state index contributed by atoms with van der Waals surface area (Å²) in [6, 6.07) is 6.97. The first kappa shape index (κ1) is 21.8. The monoisotopic (exact) mass is 432 g/mol. The highest BCUT2D eigenvalue weighted by molar-refractivity contribution is 7.17. The smallest absolute Gasteiger partial charge is 0.257 e. The molecule has 6 heteroatoms. The Labute approximate surface area is 182 Å². The first-order valence-corrected chi connectivity index (χ1v) is 11.3. The van der Waals surface area contributed by atoms with Gasteiger partial charge in [0.05, 0.1) is 16.1 Å². The van der Waals surface area contributed by atoms with E-state index in [-0.39, 0.29) is 23.3 Å². The third-order valence-electron chi connectivity index (χ3n) is 5.48. The summed E-state index contributed by atoms with van der Waals surface area (Å²) in [7, 11) is 0. The fourth-order valence-electron chi connectivity index (χ4n) is 3.80. The van der Waals surface area contributed by atoms with Crippen LogP contribution in [0.1, 0.15) is 72.2 Å². The number of fused-ring (bicyclic) bond motifs is 1. The largest absolute Gasteiger partial charge is 0.350 e. The number of rotatable bonds is 4. The zero-order chi connectivity index (χ0) is 21.3. The molecule has 0 radical (unpaired) electrons. The van der Waals surface area contributed by atoms with Crippen molar-refractivity contribution in [2.24, 2.45) is 11.3 Å². The van der Waals surface area contributed by atoms with Gasteiger partial charge in [0, 0.05) is 10.9 Å². The Balaban J connectivity index is 1.97. The lowest BCUT2D eigenvalue weighted by Crippen LogP contribution is -2.32. The van der Waals surface area contributed by atoms with E-state index in [4.69, 9.17) is 11.6 Å². The molecule has 3 rings (SSSR count). The Kier molecular flexibility index (Phi) is 6.39. The molecule has 0 spiro atoms. The van der Waals surface area contributed by atoms with Crippen LogP contribution in [0.5, 0.6) is 0 Å². The molecular formula is C23H29ClN2O2S. The highest BCUT2D eigenvalue weighted by Crippen LogP contribution is 2.44. The molecule has 29 heavy (non-hydrogen) atoms. The van der Waals surface area contributed by atoms with Crippen LogP contribution in [0.4, 0.5) is 5.00 Å². The van der Waals surface area contributed by atoms with Crippen LogP contribution in [0.15, 0.2) is 24.3 Å². The molecule has 1 aromatic carbocycles. The van der Waals surface area contributed by atoms with Gasteiger partial charge in [-0.15, -0.1) is 11.3 Å². The molecule has 0 saturated heterocycles. The average Bonchev–Trinajstić information content (AvgIpc) is 2.97. The highest BCUT2D eigenvalue weighted by atomic mass is 35.5. The van der Waals surface area contributed by atoms with Gasteiger partial charge in [-0.05, 0) is 62.1 Å². The number of carbonyl (C=O) groups excluding carboxylic acids is 2. The number of hydrogen-bond acceptors (Lipinski definition) is 3. The van der Waals surface area contributed by atoms with Crippen LogP contribution in [-0.4, -0.2) is 17.9 Å². The molecule has 4 nitrogen and oxygen atoms in total. The molecule has 0 fully saturated rings. The summed E-state index contributed by atoms with van der Waals surface area (Å²) in [5.74, 6) is 0.142. The Morgan fingerprint density at radius 2 is 1.86 bits per heavy atom. The molecular weight excluding hydrogens is 404 g/mol. The zero-order valence-corrected chi connectivity index (χ0v) is 19.3. The second-order valence-corrected chi connectivity index (χ2v) is 10.6. The zero-order valence-electron chi connectivity index (χ0n) is 17.7. The molecule has 2 N–H and O–H groups in total. The van der Waals surface area contributed by atoms with Crippen LogP contribution in [0.3, 0.4) is 0 Å². The number of amides is 2. The van der Waals surface area contributed by atoms with E-state index in [2.05, 4.69) is 31.4 Å². The Bertz CT molecular complexity index is 927. The second kappa shape index (κ2) is 8.49. The fraction of sp³-hybridized carbons (Fsp3) is 0.478. The van der Waals surface area contributed by atoms with Crippen LogP contribution < -0.4 is 10.6 Å². The predicted molar refractivity (Wildman–Crippen MR) is 121 cm³/mol. The lowest BCUT2D eigenvalue weighted by Gasteiger charge is -2.33. The van der Waals surface area contributed by atoms with Crippen molar-refractivity contribution in [1.82, 2.24) is 5.32 Å². The van der Waals surface area contributed by atoms with Crippen molar-refractivity contribution >= 4 is 39.8 Å². The van der Waals surface area contributed by atoms with Crippen molar-refractivity contribution in [3.05, 3.63) is 50.9 Å². The maximum atomic E-state index is 13.0. The summed E-state index contributed by atoms with van der Waals surface area (Å²) >= 11 is 7.72. The summed E-state index contributed by atoms with van der Waals surface area (Å²) in [6.45, 7) is 10.7. The maximum absolute atomic E-state index is 13.0. The van der Waals surface area contributed by atoms with Gasteiger partial charge in [-0.1, -0.05) is 44.5 Å². The Morgan fingerprint density at radius 3 is 2.48 bits per heavy atom. The fourth-order valence-corrected chi connectivity index (χ4v) is 5.35. The van der Waals surface area contributed by atoms with Gasteiger partial charge in [-0.2, -0.15) is 0 Å². The number of carbonyl (C=O) groups is 2. The third-order valence-corrected chi connectivity index (χ3v) is 6.98. The SMILES string of the molecule is CC(C)NC(=O)c1c(NC(=O)c2ccccc2Cl)sc2c1CCC(C(C)(C)C)C2. The van der Waals surface area contributed by atoms with Gasteiger partial charge in [0.2, 0.25) is 0 Å². The van der Waals surface area contributed by atoms with E-state index in [9.17, 15) is 9.59 Å². The molecule has 1 unspecified atom stereocenters. The summed E-state index contributed by atoms with van der Waals surface area (Å²) in [5.41, 5.74) is 2.32. The van der Waals surface area contributed by atoms with E-state index in [1.165, 1.54) is 16.2 Å². The Hall–Kier alpha value is -1.85. The number of halogens is 1. The summed E-state index contributed by atoms with van der Waals surface area (Å²) in [5, 5.41) is 6.97. The minimum Gasteiger partial charge on any atom is -0.350 e. The molecule has 0 saturated carbocycles. The molecule has 1 aliphatic carbocycles. The summed E-state index contributed by atoms with van der Waals surface area (Å²) < 4.78 is 0. The molecule has 2 amide bonds. The molecule has 0 aliphatic heterocycles. The van der Waals surface area contributed by atoms with Crippen LogP contribution in [-0.2, 0) is 12.8 Å². The van der Waals surface area contributed by atoms with Crippen molar-refractivity contribution in [2.75, 3.05) is 5.32 Å². The van der Waals surface area contributed by atoms with Crippen LogP contribution >= 0.6 is 22.9 Å².